The van der Waals surface area contributed by atoms with Crippen LogP contribution in [0.1, 0.15) is 18.9 Å². The molecule has 0 unspecified atom stereocenters. The minimum Gasteiger partial charge on any atom is -0.339 e. The summed E-state index contributed by atoms with van der Waals surface area (Å²) in [5.41, 5.74) is 3.66. The summed E-state index contributed by atoms with van der Waals surface area (Å²) in [4.78, 5) is 28.2. The summed E-state index contributed by atoms with van der Waals surface area (Å²) in [5, 5.41) is 4.78. The van der Waals surface area contributed by atoms with Crippen molar-refractivity contribution in [2.75, 3.05) is 26.2 Å². The molecule has 2 amide bonds. The Morgan fingerprint density at radius 2 is 1.52 bits per heavy atom. The number of aromatic nitrogens is 2. The van der Waals surface area contributed by atoms with Gasteiger partial charge in [-0.05, 0) is 18.2 Å². The SMILES string of the molecule is CCC(=O)N1CCN(C(=O)/C=C/c2cn(-c3ccccc3)nc2-c2ccccc2)CC1. The van der Waals surface area contributed by atoms with Crippen molar-refractivity contribution >= 4 is 17.9 Å². The van der Waals surface area contributed by atoms with Gasteiger partial charge >= 0.3 is 0 Å². The maximum Gasteiger partial charge on any atom is 0.246 e. The minimum atomic E-state index is -0.0462. The van der Waals surface area contributed by atoms with Gasteiger partial charge in [-0.3, -0.25) is 9.59 Å². The highest BCUT2D eigenvalue weighted by Gasteiger charge is 2.22. The highest BCUT2D eigenvalue weighted by Crippen LogP contribution is 2.24. The molecule has 158 valence electrons. The lowest BCUT2D eigenvalue weighted by Gasteiger charge is -2.34. The van der Waals surface area contributed by atoms with Crippen molar-refractivity contribution in [3.63, 3.8) is 0 Å². The fourth-order valence-electron chi connectivity index (χ4n) is 3.71. The van der Waals surface area contributed by atoms with Crippen LogP contribution in [0, 0.1) is 0 Å². The van der Waals surface area contributed by atoms with Crippen LogP contribution in [0.5, 0.6) is 0 Å². The van der Waals surface area contributed by atoms with E-state index in [4.69, 9.17) is 5.10 Å². The molecule has 1 aliphatic heterocycles. The molecule has 31 heavy (non-hydrogen) atoms. The fourth-order valence-corrected chi connectivity index (χ4v) is 3.71. The monoisotopic (exact) mass is 414 g/mol. The van der Waals surface area contributed by atoms with Crippen molar-refractivity contribution in [2.24, 2.45) is 0 Å². The second-order valence-corrected chi connectivity index (χ2v) is 7.47. The Labute approximate surface area is 182 Å². The van der Waals surface area contributed by atoms with Gasteiger partial charge in [0.2, 0.25) is 11.8 Å². The zero-order valence-corrected chi connectivity index (χ0v) is 17.6. The first-order chi connectivity index (χ1) is 15.2. The minimum absolute atomic E-state index is 0.0462. The van der Waals surface area contributed by atoms with E-state index in [1.165, 1.54) is 0 Å². The van der Waals surface area contributed by atoms with Gasteiger partial charge < -0.3 is 9.80 Å². The number of rotatable bonds is 5. The van der Waals surface area contributed by atoms with Crippen molar-refractivity contribution in [2.45, 2.75) is 13.3 Å². The molecule has 2 aromatic carbocycles. The van der Waals surface area contributed by atoms with E-state index in [1.807, 2.05) is 89.4 Å². The largest absolute Gasteiger partial charge is 0.339 e. The van der Waals surface area contributed by atoms with Crippen LogP contribution in [-0.2, 0) is 9.59 Å². The van der Waals surface area contributed by atoms with Crippen LogP contribution in [-0.4, -0.2) is 57.6 Å². The molecule has 4 rings (SSSR count). The number of amides is 2. The number of hydrogen-bond donors (Lipinski definition) is 0. The Bertz CT molecular complexity index is 1070. The molecule has 1 aromatic heterocycles. The molecule has 3 aromatic rings. The van der Waals surface area contributed by atoms with Gasteiger partial charge in [0.15, 0.2) is 0 Å². The average molecular weight is 415 g/mol. The molecule has 1 fully saturated rings. The van der Waals surface area contributed by atoms with Gasteiger partial charge in [-0.2, -0.15) is 5.10 Å². The predicted octanol–water partition coefficient (Wildman–Crippen LogP) is 3.63. The second-order valence-electron chi connectivity index (χ2n) is 7.47. The molecular formula is C25H26N4O2. The standard InChI is InChI=1S/C25H26N4O2/c1-2-23(30)27-15-17-28(18-16-27)24(31)14-13-21-19-29(22-11-7-4-8-12-22)26-25(21)20-9-5-3-6-10-20/h3-14,19H,2,15-18H2,1H3/b14-13+. The molecule has 0 spiro atoms. The fraction of sp³-hybridized carbons (Fsp3) is 0.240. The Morgan fingerprint density at radius 3 is 2.16 bits per heavy atom. The van der Waals surface area contributed by atoms with Gasteiger partial charge in [-0.1, -0.05) is 55.5 Å². The van der Waals surface area contributed by atoms with Crippen LogP contribution in [0.4, 0.5) is 0 Å². The summed E-state index contributed by atoms with van der Waals surface area (Å²) in [7, 11) is 0. The average Bonchev–Trinajstić information content (AvgIpc) is 3.27. The normalized spacial score (nSPS) is 14.2. The van der Waals surface area contributed by atoms with Gasteiger partial charge in [-0.25, -0.2) is 4.68 Å². The molecule has 2 heterocycles. The van der Waals surface area contributed by atoms with Gasteiger partial charge in [0.25, 0.3) is 0 Å². The molecule has 0 radical (unpaired) electrons. The van der Waals surface area contributed by atoms with Crippen molar-refractivity contribution < 1.29 is 9.59 Å². The molecule has 0 bridgehead atoms. The molecule has 6 heteroatoms. The molecule has 0 saturated carbocycles. The third-order valence-corrected chi connectivity index (χ3v) is 5.46. The summed E-state index contributed by atoms with van der Waals surface area (Å²) in [6.45, 7) is 4.16. The van der Waals surface area contributed by atoms with E-state index < -0.39 is 0 Å². The molecule has 1 aliphatic rings. The highest BCUT2D eigenvalue weighted by atomic mass is 16.2. The maximum atomic E-state index is 12.8. The van der Waals surface area contributed by atoms with Gasteiger partial charge in [0, 0.05) is 56.0 Å². The van der Waals surface area contributed by atoms with Gasteiger partial charge in [0.1, 0.15) is 0 Å². The summed E-state index contributed by atoms with van der Waals surface area (Å²) in [6.07, 6.45) is 5.89. The van der Waals surface area contributed by atoms with Crippen molar-refractivity contribution in [3.05, 3.63) is 78.5 Å². The molecule has 0 aliphatic carbocycles. The van der Waals surface area contributed by atoms with Crippen LogP contribution in [0.2, 0.25) is 0 Å². The van der Waals surface area contributed by atoms with E-state index in [1.54, 1.807) is 11.0 Å². The number of para-hydroxylation sites is 1. The third kappa shape index (κ3) is 4.74. The summed E-state index contributed by atoms with van der Waals surface area (Å²) >= 11 is 0. The quantitative estimate of drug-likeness (QED) is 0.599. The highest BCUT2D eigenvalue weighted by molar-refractivity contribution is 5.93. The van der Waals surface area contributed by atoms with Crippen LogP contribution in [0.3, 0.4) is 0 Å². The Balaban J connectivity index is 1.54. The first-order valence-electron chi connectivity index (χ1n) is 10.6. The zero-order valence-electron chi connectivity index (χ0n) is 17.6. The van der Waals surface area contributed by atoms with E-state index >= 15 is 0 Å². The third-order valence-electron chi connectivity index (χ3n) is 5.46. The molecular weight excluding hydrogens is 388 g/mol. The lowest BCUT2D eigenvalue weighted by Crippen LogP contribution is -2.50. The Kier molecular flexibility index (Phi) is 6.26. The van der Waals surface area contributed by atoms with Crippen molar-refractivity contribution in [1.29, 1.82) is 0 Å². The number of carbonyl (C=O) groups excluding carboxylic acids is 2. The van der Waals surface area contributed by atoms with E-state index in [-0.39, 0.29) is 11.8 Å². The summed E-state index contributed by atoms with van der Waals surface area (Å²) in [6, 6.07) is 19.9. The van der Waals surface area contributed by atoms with Crippen LogP contribution in [0.15, 0.2) is 72.9 Å². The zero-order chi connectivity index (χ0) is 21.6. The van der Waals surface area contributed by atoms with E-state index in [9.17, 15) is 9.59 Å². The van der Waals surface area contributed by atoms with Crippen LogP contribution >= 0.6 is 0 Å². The summed E-state index contributed by atoms with van der Waals surface area (Å²) < 4.78 is 1.83. The van der Waals surface area contributed by atoms with Crippen molar-refractivity contribution in [1.82, 2.24) is 19.6 Å². The number of carbonyl (C=O) groups is 2. The van der Waals surface area contributed by atoms with E-state index in [0.717, 1.165) is 22.5 Å². The molecule has 1 saturated heterocycles. The summed E-state index contributed by atoms with van der Waals surface area (Å²) in [5.74, 6) is 0.0959. The van der Waals surface area contributed by atoms with Crippen LogP contribution in [0.25, 0.3) is 23.0 Å². The predicted molar refractivity (Wildman–Crippen MR) is 121 cm³/mol. The molecule has 0 N–H and O–H groups in total. The first-order valence-corrected chi connectivity index (χ1v) is 10.6. The maximum absolute atomic E-state index is 12.8. The number of benzene rings is 2. The van der Waals surface area contributed by atoms with E-state index in [2.05, 4.69) is 0 Å². The Morgan fingerprint density at radius 1 is 0.903 bits per heavy atom. The number of piperazine rings is 1. The molecule has 6 nitrogen and oxygen atoms in total. The molecule has 0 atom stereocenters. The van der Waals surface area contributed by atoms with Crippen LogP contribution < -0.4 is 0 Å². The Hall–Kier alpha value is -3.67. The lowest BCUT2D eigenvalue weighted by molar-refractivity contribution is -0.136. The first kappa shape index (κ1) is 20.6. The number of hydrogen-bond acceptors (Lipinski definition) is 3. The lowest BCUT2D eigenvalue weighted by atomic mass is 10.1. The van der Waals surface area contributed by atoms with Gasteiger partial charge in [-0.15, -0.1) is 0 Å². The van der Waals surface area contributed by atoms with Crippen molar-refractivity contribution in [3.8, 4) is 16.9 Å². The smallest absolute Gasteiger partial charge is 0.246 e. The second kappa shape index (κ2) is 9.43. The van der Waals surface area contributed by atoms with E-state index in [0.29, 0.717) is 32.6 Å². The number of nitrogens with zero attached hydrogens (tertiary/aromatic N) is 4. The topological polar surface area (TPSA) is 58.4 Å². The van der Waals surface area contributed by atoms with Gasteiger partial charge in [0.05, 0.1) is 11.4 Å².